The Morgan fingerprint density at radius 3 is 2.37 bits per heavy atom. The van der Waals surface area contributed by atoms with Gasteiger partial charge in [0.1, 0.15) is 11.6 Å². The fourth-order valence-corrected chi connectivity index (χ4v) is 3.08. The zero-order valence-corrected chi connectivity index (χ0v) is 11.5. The molecule has 0 radical (unpaired) electrons. The summed E-state index contributed by atoms with van der Waals surface area (Å²) in [5.74, 6) is -1.46. The van der Waals surface area contributed by atoms with Crippen molar-refractivity contribution in [2.75, 3.05) is 0 Å². The summed E-state index contributed by atoms with van der Waals surface area (Å²) in [4.78, 5) is 24.9. The van der Waals surface area contributed by atoms with E-state index in [1.54, 1.807) is 20.8 Å². The van der Waals surface area contributed by atoms with Gasteiger partial charge in [0.2, 0.25) is 0 Å². The summed E-state index contributed by atoms with van der Waals surface area (Å²) in [5.41, 5.74) is -0.657. The van der Waals surface area contributed by atoms with Crippen molar-refractivity contribution in [3.05, 3.63) is 0 Å². The van der Waals surface area contributed by atoms with E-state index in [9.17, 15) is 19.8 Å². The van der Waals surface area contributed by atoms with E-state index in [-0.39, 0.29) is 6.04 Å². The molecule has 0 aromatic carbocycles. The van der Waals surface area contributed by atoms with E-state index in [4.69, 9.17) is 4.74 Å². The van der Waals surface area contributed by atoms with Gasteiger partial charge in [0, 0.05) is 12.0 Å². The van der Waals surface area contributed by atoms with Gasteiger partial charge in [-0.2, -0.15) is 0 Å². The molecule has 2 N–H and O–H groups in total. The zero-order valence-electron chi connectivity index (χ0n) is 11.5. The van der Waals surface area contributed by atoms with E-state index < -0.39 is 35.7 Å². The smallest absolute Gasteiger partial charge is 0.411 e. The Kier molecular flexibility index (Phi) is 3.47. The number of fused-ring (bicyclic) bond motifs is 3. The topological polar surface area (TPSA) is 87.1 Å². The fraction of sp³-hybridized carbons (Fsp3) is 0.846. The number of amides is 1. The van der Waals surface area contributed by atoms with Crippen LogP contribution in [0.4, 0.5) is 4.79 Å². The van der Waals surface area contributed by atoms with Crippen molar-refractivity contribution < 1.29 is 24.5 Å². The Labute approximate surface area is 112 Å². The standard InChI is InChI=1S/C13H21NO5/c1-13(2,3)19-12(18)14-7-4-5-8(9(15)6-7)10(14)11(16)17/h7-10,15H,4-6H2,1-3H3,(H,16,17)/t7-,8-,9-,10+/m1/s1. The second kappa shape index (κ2) is 4.67. The minimum Gasteiger partial charge on any atom is -0.480 e. The Morgan fingerprint density at radius 2 is 1.89 bits per heavy atom. The van der Waals surface area contributed by atoms with Gasteiger partial charge in [0.25, 0.3) is 0 Å². The number of piperidine rings is 2. The zero-order chi connectivity index (χ0) is 14.4. The Bertz CT molecular complexity index is 389. The summed E-state index contributed by atoms with van der Waals surface area (Å²) in [6.45, 7) is 5.24. The highest BCUT2D eigenvalue weighted by atomic mass is 16.6. The Morgan fingerprint density at radius 1 is 1.26 bits per heavy atom. The molecule has 2 aliphatic heterocycles. The molecule has 1 amide bonds. The first-order valence-corrected chi connectivity index (χ1v) is 6.63. The van der Waals surface area contributed by atoms with Crippen LogP contribution in [0.5, 0.6) is 0 Å². The minimum absolute atomic E-state index is 0.240. The van der Waals surface area contributed by atoms with Crippen molar-refractivity contribution in [3.8, 4) is 0 Å². The predicted molar refractivity (Wildman–Crippen MR) is 66.6 cm³/mol. The van der Waals surface area contributed by atoms with Crippen LogP contribution in [0.1, 0.15) is 40.0 Å². The highest BCUT2D eigenvalue weighted by molar-refractivity contribution is 5.81. The molecule has 0 spiro atoms. The molecule has 1 aliphatic carbocycles. The van der Waals surface area contributed by atoms with E-state index in [2.05, 4.69) is 0 Å². The van der Waals surface area contributed by atoms with E-state index in [1.807, 2.05) is 0 Å². The van der Waals surface area contributed by atoms with Crippen LogP contribution in [0.2, 0.25) is 0 Å². The molecule has 0 unspecified atom stereocenters. The maximum atomic E-state index is 12.2. The summed E-state index contributed by atoms with van der Waals surface area (Å²) >= 11 is 0. The first kappa shape index (κ1) is 14.1. The van der Waals surface area contributed by atoms with Crippen molar-refractivity contribution in [2.24, 2.45) is 5.92 Å². The third kappa shape index (κ3) is 2.68. The molecule has 3 aliphatic rings. The number of hydrogen-bond donors (Lipinski definition) is 2. The number of nitrogens with zero attached hydrogens (tertiary/aromatic N) is 1. The van der Waals surface area contributed by atoms with E-state index in [0.29, 0.717) is 12.8 Å². The molecule has 3 fully saturated rings. The largest absolute Gasteiger partial charge is 0.480 e. The molecule has 0 aromatic rings. The molecule has 3 rings (SSSR count). The minimum atomic E-state index is -1.07. The summed E-state index contributed by atoms with van der Waals surface area (Å²) < 4.78 is 5.29. The van der Waals surface area contributed by atoms with E-state index >= 15 is 0 Å². The van der Waals surface area contributed by atoms with Gasteiger partial charge in [-0.3, -0.25) is 4.90 Å². The second-order valence-electron chi connectivity index (χ2n) is 6.37. The number of rotatable bonds is 1. The van der Waals surface area contributed by atoms with Gasteiger partial charge in [0.05, 0.1) is 6.10 Å². The van der Waals surface area contributed by atoms with Gasteiger partial charge in [-0.05, 0) is 40.0 Å². The first-order valence-electron chi connectivity index (χ1n) is 6.63. The molecule has 2 bridgehead atoms. The van der Waals surface area contributed by atoms with Crippen molar-refractivity contribution in [2.45, 2.75) is 63.8 Å². The van der Waals surface area contributed by atoms with E-state index in [1.165, 1.54) is 4.90 Å². The molecule has 108 valence electrons. The molecular weight excluding hydrogens is 250 g/mol. The lowest BCUT2D eigenvalue weighted by molar-refractivity contribution is -0.159. The van der Waals surface area contributed by atoms with Crippen molar-refractivity contribution >= 4 is 12.1 Å². The highest BCUT2D eigenvalue weighted by Crippen LogP contribution is 2.40. The quantitative estimate of drug-likeness (QED) is 0.748. The van der Waals surface area contributed by atoms with Gasteiger partial charge in [-0.15, -0.1) is 0 Å². The second-order valence-corrected chi connectivity index (χ2v) is 6.37. The lowest BCUT2D eigenvalue weighted by atomic mass is 9.73. The lowest BCUT2D eigenvalue weighted by Crippen LogP contribution is -2.65. The SMILES string of the molecule is CC(C)(C)OC(=O)N1[C@@H]2CC[C@H]([C@H](O)C2)[C@H]1C(=O)O. The first-order chi connectivity index (χ1) is 8.70. The van der Waals surface area contributed by atoms with Gasteiger partial charge in [0.15, 0.2) is 0 Å². The molecule has 2 saturated heterocycles. The van der Waals surface area contributed by atoms with Crippen molar-refractivity contribution in [1.29, 1.82) is 0 Å². The fourth-order valence-electron chi connectivity index (χ4n) is 3.08. The summed E-state index contributed by atoms with van der Waals surface area (Å²) in [6.07, 6.45) is 0.570. The van der Waals surface area contributed by atoms with Crippen LogP contribution in [0.3, 0.4) is 0 Å². The number of carboxylic acids is 1. The van der Waals surface area contributed by atoms with Crippen LogP contribution in [0.25, 0.3) is 0 Å². The predicted octanol–water partition coefficient (Wildman–Crippen LogP) is 1.22. The number of aliphatic hydroxyl groups excluding tert-OH is 1. The summed E-state index contributed by atoms with van der Waals surface area (Å²) in [5, 5.41) is 19.2. The number of carbonyl (C=O) groups excluding carboxylic acids is 1. The summed E-state index contributed by atoms with van der Waals surface area (Å²) in [7, 11) is 0. The number of ether oxygens (including phenoxy) is 1. The van der Waals surface area contributed by atoms with Gasteiger partial charge in [-0.1, -0.05) is 0 Å². The Hall–Kier alpha value is -1.30. The molecule has 0 aromatic heterocycles. The molecule has 6 heteroatoms. The third-order valence-corrected chi connectivity index (χ3v) is 3.80. The molecular formula is C13H21NO5. The number of carboxylic acid groups (broad SMARTS) is 1. The van der Waals surface area contributed by atoms with E-state index in [0.717, 1.165) is 6.42 Å². The number of hydrogen-bond acceptors (Lipinski definition) is 4. The van der Waals surface area contributed by atoms with Crippen LogP contribution >= 0.6 is 0 Å². The van der Waals surface area contributed by atoms with Gasteiger partial charge in [-0.25, -0.2) is 9.59 Å². The maximum Gasteiger partial charge on any atom is 0.411 e. The lowest BCUT2D eigenvalue weighted by Gasteiger charge is -2.51. The normalized spacial score (nSPS) is 34.2. The monoisotopic (exact) mass is 271 g/mol. The summed E-state index contributed by atoms with van der Waals surface area (Å²) in [6, 6.07) is -1.21. The maximum absolute atomic E-state index is 12.2. The van der Waals surface area contributed by atoms with Gasteiger partial charge >= 0.3 is 12.1 Å². The van der Waals surface area contributed by atoms with Crippen LogP contribution in [-0.4, -0.2) is 51.0 Å². The van der Waals surface area contributed by atoms with Gasteiger partial charge < -0.3 is 14.9 Å². The van der Waals surface area contributed by atoms with Crippen LogP contribution in [0, 0.1) is 5.92 Å². The molecule has 2 heterocycles. The average molecular weight is 271 g/mol. The molecule has 6 nitrogen and oxygen atoms in total. The molecule has 19 heavy (non-hydrogen) atoms. The Balaban J connectivity index is 2.22. The molecule has 4 atom stereocenters. The average Bonchev–Trinajstić information content (AvgIpc) is 2.25. The number of aliphatic carboxylic acids is 1. The highest BCUT2D eigenvalue weighted by Gasteiger charge is 2.52. The van der Waals surface area contributed by atoms with Crippen molar-refractivity contribution in [1.82, 2.24) is 4.90 Å². The van der Waals surface area contributed by atoms with Crippen LogP contribution in [-0.2, 0) is 9.53 Å². The van der Waals surface area contributed by atoms with Crippen LogP contribution in [0.15, 0.2) is 0 Å². The van der Waals surface area contributed by atoms with Crippen LogP contribution < -0.4 is 0 Å². The van der Waals surface area contributed by atoms with Crippen molar-refractivity contribution in [3.63, 3.8) is 0 Å². The number of aliphatic hydroxyl groups is 1. The third-order valence-electron chi connectivity index (χ3n) is 3.80. The number of carbonyl (C=O) groups is 2. The molecule has 1 saturated carbocycles.